The normalized spacial score (nSPS) is 11.2. The molecule has 0 saturated carbocycles. The highest BCUT2D eigenvalue weighted by atomic mass is 17.0. The Labute approximate surface area is 114 Å². The average molecular weight is 282 g/mol. The summed E-state index contributed by atoms with van der Waals surface area (Å²) in [6.07, 6.45) is -1.45. The van der Waals surface area contributed by atoms with Crippen molar-refractivity contribution in [2.45, 2.75) is 19.4 Å². The third-order valence-corrected chi connectivity index (χ3v) is 2.22. The molecule has 1 amide bonds. The molecule has 0 saturated heterocycles. The average Bonchev–Trinajstić information content (AvgIpc) is 2.37. The Kier molecular flexibility index (Phi) is 5.95. The first kappa shape index (κ1) is 15.4. The largest absolute Gasteiger partial charge is 0.425 e. The van der Waals surface area contributed by atoms with Crippen LogP contribution in [0.5, 0.6) is 5.75 Å². The quantitative estimate of drug-likeness (QED) is 0.341. The molecule has 0 aliphatic heterocycles. The maximum absolute atomic E-state index is 11.8. The second kappa shape index (κ2) is 7.72. The fourth-order valence-corrected chi connectivity index (χ4v) is 1.37. The monoisotopic (exact) mass is 282 g/mol. The molecule has 0 aliphatic carbocycles. The van der Waals surface area contributed by atoms with Crippen molar-refractivity contribution in [3.05, 3.63) is 40.4 Å². The molecule has 8 heteroatoms. The number of rotatable bonds is 7. The van der Waals surface area contributed by atoms with Gasteiger partial charge in [0.05, 0.1) is 0 Å². The van der Waals surface area contributed by atoms with Crippen LogP contribution in [-0.2, 0) is 14.4 Å². The minimum absolute atomic E-state index is 0.0633. The number of benzene rings is 1. The summed E-state index contributed by atoms with van der Waals surface area (Å²) in [5.41, 5.74) is 0. The second-order valence-electron chi connectivity index (χ2n) is 3.82. The molecule has 0 bridgehead atoms. The molecule has 1 rings (SSSR count). The molecule has 1 aromatic carbocycles. The zero-order chi connectivity index (χ0) is 15.0. The van der Waals surface area contributed by atoms with Crippen LogP contribution >= 0.6 is 0 Å². The second-order valence-corrected chi connectivity index (χ2v) is 3.82. The first-order valence-electron chi connectivity index (χ1n) is 5.81. The number of esters is 1. The first-order chi connectivity index (χ1) is 9.49. The van der Waals surface area contributed by atoms with Gasteiger partial charge in [-0.1, -0.05) is 18.2 Å². The van der Waals surface area contributed by atoms with E-state index < -0.39 is 17.2 Å². The molecule has 0 spiro atoms. The van der Waals surface area contributed by atoms with E-state index in [9.17, 15) is 19.7 Å². The Morgan fingerprint density at radius 1 is 1.35 bits per heavy atom. The van der Waals surface area contributed by atoms with E-state index in [2.05, 4.69) is 10.2 Å². The summed E-state index contributed by atoms with van der Waals surface area (Å²) >= 11 is 0. The van der Waals surface area contributed by atoms with Crippen LogP contribution in [0.2, 0.25) is 0 Å². The van der Waals surface area contributed by atoms with Crippen LogP contribution in [0.4, 0.5) is 0 Å². The smallest absolute Gasteiger partial charge is 0.340 e. The van der Waals surface area contributed by atoms with Crippen LogP contribution in [0.25, 0.3) is 0 Å². The maximum Gasteiger partial charge on any atom is 0.340 e. The summed E-state index contributed by atoms with van der Waals surface area (Å²) in [7, 11) is 0. The predicted octanol–water partition coefficient (Wildman–Crippen LogP) is 0.695. The van der Waals surface area contributed by atoms with Crippen molar-refractivity contribution >= 4 is 11.9 Å². The van der Waals surface area contributed by atoms with Crippen LogP contribution in [0.3, 0.4) is 0 Å². The van der Waals surface area contributed by atoms with Crippen molar-refractivity contribution in [1.29, 1.82) is 0 Å². The number of nitrogens with zero attached hydrogens (tertiary/aromatic N) is 1. The fourth-order valence-electron chi connectivity index (χ4n) is 1.37. The lowest BCUT2D eigenvalue weighted by Crippen LogP contribution is -2.34. The van der Waals surface area contributed by atoms with Gasteiger partial charge in [0.15, 0.2) is 0 Å². The van der Waals surface area contributed by atoms with Gasteiger partial charge in [0.1, 0.15) is 5.75 Å². The van der Waals surface area contributed by atoms with Gasteiger partial charge in [-0.15, -0.1) is 10.1 Å². The van der Waals surface area contributed by atoms with Gasteiger partial charge in [0.2, 0.25) is 12.0 Å². The lowest BCUT2D eigenvalue weighted by atomic mass is 10.2. The summed E-state index contributed by atoms with van der Waals surface area (Å²) in [6.45, 7) is 1.36. The van der Waals surface area contributed by atoms with Crippen molar-refractivity contribution < 1.29 is 24.3 Å². The number of para-hydroxylation sites is 1. The Morgan fingerprint density at radius 2 is 2.00 bits per heavy atom. The minimum atomic E-state index is -1.39. The van der Waals surface area contributed by atoms with Gasteiger partial charge in [-0.25, -0.2) is 4.79 Å². The Morgan fingerprint density at radius 3 is 2.55 bits per heavy atom. The van der Waals surface area contributed by atoms with E-state index in [1.54, 1.807) is 18.2 Å². The Balaban J connectivity index is 2.59. The van der Waals surface area contributed by atoms with Crippen LogP contribution in [0.15, 0.2) is 30.3 Å². The van der Waals surface area contributed by atoms with E-state index in [1.807, 2.05) is 0 Å². The number of amides is 1. The van der Waals surface area contributed by atoms with Gasteiger partial charge < -0.3 is 10.1 Å². The van der Waals surface area contributed by atoms with Crippen LogP contribution in [-0.4, -0.2) is 29.6 Å². The number of hydrogen-bond acceptors (Lipinski definition) is 6. The topological polar surface area (TPSA) is 108 Å². The molecule has 1 unspecified atom stereocenters. The first-order valence-corrected chi connectivity index (χ1v) is 5.81. The Bertz CT molecular complexity index is 476. The summed E-state index contributed by atoms with van der Waals surface area (Å²) < 4.78 is 4.95. The van der Waals surface area contributed by atoms with Gasteiger partial charge in [-0.3, -0.25) is 9.63 Å². The summed E-state index contributed by atoms with van der Waals surface area (Å²) in [5.74, 6) is -0.937. The van der Waals surface area contributed by atoms with E-state index in [-0.39, 0.29) is 24.6 Å². The zero-order valence-corrected chi connectivity index (χ0v) is 10.8. The van der Waals surface area contributed by atoms with E-state index in [4.69, 9.17) is 4.74 Å². The molecule has 1 aromatic rings. The number of hydrogen-bond donors (Lipinski definition) is 1. The van der Waals surface area contributed by atoms with Gasteiger partial charge in [-0.05, 0) is 12.1 Å². The molecule has 1 N–H and O–H groups in total. The molecule has 8 nitrogen and oxygen atoms in total. The highest BCUT2D eigenvalue weighted by Gasteiger charge is 2.24. The highest BCUT2D eigenvalue weighted by molar-refractivity contribution is 5.77. The van der Waals surface area contributed by atoms with Gasteiger partial charge in [0, 0.05) is 19.9 Å². The third-order valence-electron chi connectivity index (χ3n) is 2.22. The summed E-state index contributed by atoms with van der Waals surface area (Å²) in [4.78, 5) is 37.1. The molecule has 1 atom stereocenters. The van der Waals surface area contributed by atoms with Crippen LogP contribution < -0.4 is 10.1 Å². The van der Waals surface area contributed by atoms with Crippen molar-refractivity contribution in [2.24, 2.45) is 0 Å². The number of ether oxygens (including phenoxy) is 1. The Hall–Kier alpha value is -2.64. The third kappa shape index (κ3) is 5.80. The van der Waals surface area contributed by atoms with Crippen molar-refractivity contribution in [2.75, 3.05) is 6.54 Å². The molecule has 108 valence electrons. The van der Waals surface area contributed by atoms with Gasteiger partial charge in [0.25, 0.3) is 5.09 Å². The molecular formula is C12H14N2O6. The molecule has 0 aromatic heterocycles. The van der Waals surface area contributed by atoms with Crippen molar-refractivity contribution in [3.8, 4) is 5.75 Å². The number of nitrogens with one attached hydrogen (secondary N) is 1. The van der Waals surface area contributed by atoms with Gasteiger partial charge >= 0.3 is 5.97 Å². The molecular weight excluding hydrogens is 268 g/mol. The number of carbonyl (C=O) groups is 2. The molecule has 0 heterocycles. The highest BCUT2D eigenvalue weighted by Crippen LogP contribution is 2.11. The summed E-state index contributed by atoms with van der Waals surface area (Å²) in [6, 6.07) is 8.12. The standard InChI is InChI=1S/C12H14N2O6/c1-9(15)13-8-7-11(20-14(17)18)12(16)19-10-5-3-2-4-6-10/h2-6,11H,7-8H2,1H3,(H,13,15). The predicted molar refractivity (Wildman–Crippen MR) is 67.2 cm³/mol. The van der Waals surface area contributed by atoms with E-state index in [0.717, 1.165) is 0 Å². The lowest BCUT2D eigenvalue weighted by Gasteiger charge is -2.13. The van der Waals surface area contributed by atoms with Crippen molar-refractivity contribution in [3.63, 3.8) is 0 Å². The SMILES string of the molecule is CC(=O)NCCC(O[N+](=O)[O-])C(=O)Oc1ccccc1. The van der Waals surface area contributed by atoms with Crippen molar-refractivity contribution in [1.82, 2.24) is 5.32 Å². The molecule has 0 fully saturated rings. The van der Waals surface area contributed by atoms with Crippen LogP contribution in [0, 0.1) is 10.1 Å². The fraction of sp³-hybridized carbons (Fsp3) is 0.333. The lowest BCUT2D eigenvalue weighted by molar-refractivity contribution is -0.764. The van der Waals surface area contributed by atoms with Crippen LogP contribution in [0.1, 0.15) is 13.3 Å². The zero-order valence-electron chi connectivity index (χ0n) is 10.8. The van der Waals surface area contributed by atoms with E-state index in [1.165, 1.54) is 19.1 Å². The minimum Gasteiger partial charge on any atom is -0.425 e. The summed E-state index contributed by atoms with van der Waals surface area (Å²) in [5, 5.41) is 11.7. The number of carbonyl (C=O) groups excluding carboxylic acids is 2. The van der Waals surface area contributed by atoms with E-state index in [0.29, 0.717) is 0 Å². The van der Waals surface area contributed by atoms with E-state index >= 15 is 0 Å². The molecule has 0 aliphatic rings. The molecule has 0 radical (unpaired) electrons. The van der Waals surface area contributed by atoms with Gasteiger partial charge in [-0.2, -0.15) is 0 Å². The maximum atomic E-state index is 11.8. The molecule has 20 heavy (non-hydrogen) atoms.